The second kappa shape index (κ2) is 7.06. The Balaban J connectivity index is 1.68. The molecule has 4 aromatic rings. The van der Waals surface area contributed by atoms with Crippen LogP contribution in [-0.2, 0) is 6.54 Å². The van der Waals surface area contributed by atoms with E-state index in [9.17, 15) is 4.79 Å². The van der Waals surface area contributed by atoms with Crippen LogP contribution in [0.2, 0.25) is 0 Å². The van der Waals surface area contributed by atoms with Crippen molar-refractivity contribution in [2.45, 2.75) is 6.54 Å². The normalized spacial score (nSPS) is 10.8. The summed E-state index contributed by atoms with van der Waals surface area (Å²) in [6.07, 6.45) is 1.76. The number of pyridine rings is 1. The molecule has 0 unspecified atom stereocenters. The van der Waals surface area contributed by atoms with Gasteiger partial charge in [0.15, 0.2) is 0 Å². The first-order valence-corrected chi connectivity index (χ1v) is 9.14. The first-order valence-electron chi connectivity index (χ1n) is 8.32. The van der Waals surface area contributed by atoms with Gasteiger partial charge in [0.25, 0.3) is 5.56 Å². The molecule has 0 saturated carbocycles. The van der Waals surface area contributed by atoms with Crippen LogP contribution in [0.25, 0.3) is 20.7 Å². The van der Waals surface area contributed by atoms with Gasteiger partial charge in [0.1, 0.15) is 10.8 Å². The molecule has 2 aromatic heterocycles. The highest BCUT2D eigenvalue weighted by Crippen LogP contribution is 2.27. The predicted octanol–water partition coefficient (Wildman–Crippen LogP) is 4.35. The molecule has 2 aromatic carbocycles. The highest BCUT2D eigenvalue weighted by Gasteiger charge is 2.10. The fraction of sp³-hybridized carbons (Fsp3) is 0.0952. The Morgan fingerprint density at radius 3 is 2.62 bits per heavy atom. The van der Waals surface area contributed by atoms with Crippen LogP contribution < -0.4 is 10.5 Å². The maximum absolute atomic E-state index is 12.3. The minimum atomic E-state index is -0.189. The minimum Gasteiger partial charge on any atom is -0.355 e. The van der Waals surface area contributed by atoms with E-state index >= 15 is 0 Å². The lowest BCUT2D eigenvalue weighted by atomic mass is 10.2. The summed E-state index contributed by atoms with van der Waals surface area (Å²) in [5, 5.41) is 1.38. The van der Waals surface area contributed by atoms with Crippen LogP contribution in [0, 0.1) is 0 Å². The molecule has 0 atom stereocenters. The molecule has 0 amide bonds. The molecule has 4 rings (SSSR count). The molecule has 0 fully saturated rings. The average Bonchev–Trinajstić information content (AvgIpc) is 2.69. The van der Waals surface area contributed by atoms with E-state index in [1.54, 1.807) is 6.20 Å². The van der Waals surface area contributed by atoms with Gasteiger partial charge in [-0.25, -0.2) is 4.98 Å². The SMILES string of the molecule is CN(Cc1ccccc1)c1cc(-c2nc(=O)c3ccccc3s2)ccn1. The summed E-state index contributed by atoms with van der Waals surface area (Å²) in [6, 6.07) is 21.7. The van der Waals surface area contributed by atoms with Crippen LogP contribution in [0.5, 0.6) is 0 Å². The summed E-state index contributed by atoms with van der Waals surface area (Å²) in [6.45, 7) is 0.763. The maximum Gasteiger partial charge on any atom is 0.279 e. The third-order valence-electron chi connectivity index (χ3n) is 4.17. The highest BCUT2D eigenvalue weighted by atomic mass is 32.1. The summed E-state index contributed by atoms with van der Waals surface area (Å²) in [4.78, 5) is 23.1. The van der Waals surface area contributed by atoms with E-state index in [2.05, 4.69) is 27.0 Å². The summed E-state index contributed by atoms with van der Waals surface area (Å²) in [5.41, 5.74) is 1.93. The molecule has 4 nitrogen and oxygen atoms in total. The van der Waals surface area contributed by atoms with E-state index in [-0.39, 0.29) is 5.56 Å². The number of nitrogens with zero attached hydrogens (tertiary/aromatic N) is 3. The van der Waals surface area contributed by atoms with E-state index < -0.39 is 0 Å². The van der Waals surface area contributed by atoms with Gasteiger partial charge in [-0.2, -0.15) is 4.98 Å². The number of aromatic nitrogens is 2. The molecule has 0 aliphatic rings. The second-order valence-electron chi connectivity index (χ2n) is 6.06. The van der Waals surface area contributed by atoms with E-state index in [0.717, 1.165) is 22.6 Å². The van der Waals surface area contributed by atoms with Crippen molar-refractivity contribution in [2.75, 3.05) is 11.9 Å². The average molecular weight is 359 g/mol. The van der Waals surface area contributed by atoms with Crippen LogP contribution in [0.4, 0.5) is 5.82 Å². The quantitative estimate of drug-likeness (QED) is 0.543. The molecule has 0 radical (unpaired) electrons. The predicted molar refractivity (Wildman–Crippen MR) is 108 cm³/mol. The number of benzene rings is 2. The van der Waals surface area contributed by atoms with Crippen LogP contribution in [0.15, 0.2) is 77.7 Å². The largest absolute Gasteiger partial charge is 0.355 e. The van der Waals surface area contributed by atoms with Gasteiger partial charge in [-0.05, 0) is 29.8 Å². The molecule has 26 heavy (non-hydrogen) atoms. The third-order valence-corrected chi connectivity index (χ3v) is 5.27. The Kier molecular flexibility index (Phi) is 4.46. The smallest absolute Gasteiger partial charge is 0.279 e. The van der Waals surface area contributed by atoms with Gasteiger partial charge in [0, 0.05) is 30.1 Å². The Bertz CT molecular complexity index is 1110. The Morgan fingerprint density at radius 1 is 1.00 bits per heavy atom. The number of fused-ring (bicyclic) bond motifs is 1. The Morgan fingerprint density at radius 2 is 1.77 bits per heavy atom. The van der Waals surface area contributed by atoms with Gasteiger partial charge in [-0.15, -0.1) is 11.3 Å². The van der Waals surface area contributed by atoms with E-state index in [4.69, 9.17) is 0 Å². The van der Waals surface area contributed by atoms with Crippen LogP contribution in [-0.4, -0.2) is 17.0 Å². The zero-order chi connectivity index (χ0) is 17.9. The van der Waals surface area contributed by atoms with Crippen molar-refractivity contribution in [3.63, 3.8) is 0 Å². The van der Waals surface area contributed by atoms with Gasteiger partial charge >= 0.3 is 0 Å². The van der Waals surface area contributed by atoms with Gasteiger partial charge < -0.3 is 4.90 Å². The molecule has 0 bridgehead atoms. The molecule has 2 heterocycles. The third kappa shape index (κ3) is 3.34. The van der Waals surface area contributed by atoms with Crippen molar-refractivity contribution >= 4 is 27.2 Å². The van der Waals surface area contributed by atoms with Crippen LogP contribution in [0.1, 0.15) is 5.56 Å². The molecule has 0 saturated heterocycles. The number of hydrogen-bond acceptors (Lipinski definition) is 5. The van der Waals surface area contributed by atoms with Crippen LogP contribution >= 0.6 is 11.3 Å². The highest BCUT2D eigenvalue weighted by molar-refractivity contribution is 7.21. The molecule has 0 N–H and O–H groups in total. The fourth-order valence-electron chi connectivity index (χ4n) is 2.83. The van der Waals surface area contributed by atoms with Crippen molar-refractivity contribution in [3.8, 4) is 10.6 Å². The van der Waals surface area contributed by atoms with Crippen molar-refractivity contribution in [3.05, 3.63) is 88.8 Å². The molecular formula is C21H17N3OS. The van der Waals surface area contributed by atoms with E-state index in [1.807, 2.05) is 61.6 Å². The first kappa shape index (κ1) is 16.4. The minimum absolute atomic E-state index is 0.189. The lowest BCUT2D eigenvalue weighted by Gasteiger charge is -2.18. The van der Waals surface area contributed by atoms with E-state index in [0.29, 0.717) is 10.4 Å². The zero-order valence-electron chi connectivity index (χ0n) is 14.3. The zero-order valence-corrected chi connectivity index (χ0v) is 15.1. The molecular weight excluding hydrogens is 342 g/mol. The standard InChI is InChI=1S/C21H17N3OS/c1-24(14-15-7-3-2-4-8-15)19-13-16(11-12-22-19)21-23-20(25)17-9-5-6-10-18(17)26-21/h2-13H,14H2,1H3. The van der Waals surface area contributed by atoms with Gasteiger partial charge in [-0.1, -0.05) is 42.5 Å². The van der Waals surface area contributed by atoms with Crippen LogP contribution in [0.3, 0.4) is 0 Å². The van der Waals surface area contributed by atoms with Crippen molar-refractivity contribution in [1.82, 2.24) is 9.97 Å². The van der Waals surface area contributed by atoms with Gasteiger partial charge in [0.05, 0.1) is 5.39 Å². The van der Waals surface area contributed by atoms with Crippen molar-refractivity contribution < 1.29 is 0 Å². The van der Waals surface area contributed by atoms with Gasteiger partial charge in [0.2, 0.25) is 0 Å². The van der Waals surface area contributed by atoms with Crippen molar-refractivity contribution in [1.29, 1.82) is 0 Å². The second-order valence-corrected chi connectivity index (χ2v) is 7.10. The molecule has 5 heteroatoms. The fourth-order valence-corrected chi connectivity index (χ4v) is 3.83. The lowest BCUT2D eigenvalue weighted by Crippen LogP contribution is -2.17. The Labute approximate surface area is 155 Å². The number of hydrogen-bond donors (Lipinski definition) is 0. The maximum atomic E-state index is 12.3. The topological polar surface area (TPSA) is 46.1 Å². The van der Waals surface area contributed by atoms with Gasteiger partial charge in [-0.3, -0.25) is 4.79 Å². The molecule has 0 aliphatic heterocycles. The summed E-state index contributed by atoms with van der Waals surface area (Å²) in [5.74, 6) is 0.848. The van der Waals surface area contributed by atoms with E-state index in [1.165, 1.54) is 16.9 Å². The monoisotopic (exact) mass is 359 g/mol. The molecule has 128 valence electrons. The molecule has 0 aliphatic carbocycles. The van der Waals surface area contributed by atoms with Crippen molar-refractivity contribution in [2.24, 2.45) is 0 Å². The number of rotatable bonds is 4. The summed E-state index contributed by atoms with van der Waals surface area (Å²) in [7, 11) is 2.01. The summed E-state index contributed by atoms with van der Waals surface area (Å²) < 4.78 is 0.943. The summed E-state index contributed by atoms with van der Waals surface area (Å²) >= 11 is 1.52. The Hall–Kier alpha value is -3.05. The number of anilines is 1. The molecule has 0 spiro atoms. The first-order chi connectivity index (χ1) is 12.7. The lowest BCUT2D eigenvalue weighted by molar-refractivity contribution is 0.898.